The van der Waals surface area contributed by atoms with E-state index in [0.29, 0.717) is 6.61 Å². The van der Waals surface area contributed by atoms with Gasteiger partial charge in [-0.1, -0.05) is 11.3 Å². The molecule has 6 nitrogen and oxygen atoms in total. The fourth-order valence-corrected chi connectivity index (χ4v) is 6.21. The molecule has 0 radical (unpaired) electrons. The van der Waals surface area contributed by atoms with Gasteiger partial charge >= 0.3 is 0 Å². The van der Waals surface area contributed by atoms with E-state index in [1.165, 1.54) is 0 Å². The van der Waals surface area contributed by atoms with Crippen LogP contribution in [0.5, 0.6) is 5.75 Å². The lowest BCUT2D eigenvalue weighted by molar-refractivity contribution is -0.147. The van der Waals surface area contributed by atoms with E-state index in [0.717, 1.165) is 45.9 Å². The lowest BCUT2D eigenvalue weighted by atomic mass is 10.0. The zero-order valence-electron chi connectivity index (χ0n) is 14.6. The van der Waals surface area contributed by atoms with E-state index in [1.54, 1.807) is 11.3 Å². The minimum atomic E-state index is -2.57. The zero-order valence-corrected chi connectivity index (χ0v) is 15.4. The van der Waals surface area contributed by atoms with Crippen molar-refractivity contribution in [2.45, 2.75) is 49.7 Å². The second kappa shape index (κ2) is 5.50. The van der Waals surface area contributed by atoms with Crippen LogP contribution in [0.4, 0.5) is 13.9 Å². The molecule has 4 aliphatic rings. The molecule has 0 bridgehead atoms. The average Bonchev–Trinajstić information content (AvgIpc) is 3.33. The molecular weight excluding hydrogens is 374 g/mol. The van der Waals surface area contributed by atoms with Gasteiger partial charge in [-0.05, 0) is 25.0 Å². The summed E-state index contributed by atoms with van der Waals surface area (Å²) in [5.74, 6) is -1.67. The number of hydrogen-bond donors (Lipinski definition) is 2. The number of rotatable bonds is 2. The predicted molar refractivity (Wildman–Crippen MR) is 97.6 cm³/mol. The average molecular weight is 394 g/mol. The zero-order chi connectivity index (χ0) is 18.3. The number of ether oxygens (including phenoxy) is 1. The third kappa shape index (κ3) is 2.35. The van der Waals surface area contributed by atoms with Crippen molar-refractivity contribution in [3.63, 3.8) is 0 Å². The predicted octanol–water partition coefficient (Wildman–Crippen LogP) is 1.77. The Kier molecular flexibility index (Phi) is 3.34. The Morgan fingerprint density at radius 3 is 2.89 bits per heavy atom. The summed E-state index contributed by atoms with van der Waals surface area (Å²) >= 11 is 1.57. The van der Waals surface area contributed by atoms with Crippen molar-refractivity contribution in [3.05, 3.63) is 17.7 Å². The number of benzene rings is 1. The Balaban J connectivity index is 1.30. The fraction of sp³-hybridized carbons (Fsp3) is 0.611. The highest BCUT2D eigenvalue weighted by Crippen LogP contribution is 2.43. The molecule has 2 aromatic rings. The molecule has 1 saturated carbocycles. The standard InChI is InChI=1S/C18H20F2N4O2S/c19-18(20)7-23(8-18)10-1-2-11-15(10)21-16(25)24(11)17-22-14-9-5-6-26-12(9)3-4-13(14)27-17/h3-4,10-11,15-16,21,25H,1-2,5-8H2/t10-,11+,15?,16?/m0/s1. The second-order valence-corrected chi connectivity index (χ2v) is 8.94. The molecule has 1 aromatic carbocycles. The molecule has 6 rings (SSSR count). The molecule has 2 N–H and O–H groups in total. The van der Waals surface area contributed by atoms with Gasteiger partial charge in [0.1, 0.15) is 5.75 Å². The van der Waals surface area contributed by atoms with Crippen LogP contribution in [0.1, 0.15) is 18.4 Å². The first kappa shape index (κ1) is 16.4. The minimum absolute atomic E-state index is 0.0165. The number of nitrogens with one attached hydrogen (secondary N) is 1. The highest BCUT2D eigenvalue weighted by atomic mass is 32.1. The molecule has 3 fully saturated rings. The van der Waals surface area contributed by atoms with E-state index in [-0.39, 0.29) is 31.2 Å². The van der Waals surface area contributed by atoms with E-state index in [2.05, 4.69) is 5.32 Å². The number of thiazole rings is 1. The van der Waals surface area contributed by atoms with Crippen LogP contribution in [0.3, 0.4) is 0 Å². The Bertz CT molecular complexity index is 914. The van der Waals surface area contributed by atoms with Gasteiger partial charge in [-0.3, -0.25) is 10.2 Å². The van der Waals surface area contributed by atoms with Gasteiger partial charge in [0.15, 0.2) is 11.5 Å². The van der Waals surface area contributed by atoms with Crippen molar-refractivity contribution in [3.8, 4) is 5.75 Å². The molecule has 27 heavy (non-hydrogen) atoms. The van der Waals surface area contributed by atoms with Crippen LogP contribution in [0, 0.1) is 0 Å². The molecule has 1 aliphatic carbocycles. The van der Waals surface area contributed by atoms with E-state index in [1.807, 2.05) is 21.9 Å². The molecular formula is C18H20F2N4O2S. The number of halogens is 2. The molecule has 0 spiro atoms. The van der Waals surface area contributed by atoms with Crippen LogP contribution in [0.25, 0.3) is 10.2 Å². The van der Waals surface area contributed by atoms with Crippen LogP contribution in [0.2, 0.25) is 0 Å². The Hall–Kier alpha value is -1.55. The number of likely N-dealkylation sites (tertiary alicyclic amines) is 1. The van der Waals surface area contributed by atoms with Gasteiger partial charge in [0.25, 0.3) is 5.92 Å². The topological polar surface area (TPSA) is 60.9 Å². The number of anilines is 1. The van der Waals surface area contributed by atoms with Crippen LogP contribution in [0.15, 0.2) is 12.1 Å². The van der Waals surface area contributed by atoms with Gasteiger partial charge in [-0.25, -0.2) is 13.8 Å². The third-order valence-corrected chi connectivity index (χ3v) is 7.36. The van der Waals surface area contributed by atoms with E-state index < -0.39 is 12.3 Å². The van der Waals surface area contributed by atoms with Crippen molar-refractivity contribution >= 4 is 26.7 Å². The normalized spacial score (nSPS) is 34.6. The number of aliphatic hydroxyl groups excluding tert-OH is 1. The number of nitrogens with zero attached hydrogens (tertiary/aromatic N) is 3. The highest BCUT2D eigenvalue weighted by molar-refractivity contribution is 7.22. The smallest absolute Gasteiger partial charge is 0.272 e. The van der Waals surface area contributed by atoms with Crippen molar-refractivity contribution in [1.29, 1.82) is 0 Å². The molecule has 4 atom stereocenters. The largest absolute Gasteiger partial charge is 0.493 e. The van der Waals surface area contributed by atoms with Gasteiger partial charge in [0.2, 0.25) is 0 Å². The fourth-order valence-electron chi connectivity index (χ4n) is 5.13. The van der Waals surface area contributed by atoms with E-state index in [4.69, 9.17) is 9.72 Å². The highest BCUT2D eigenvalue weighted by Gasteiger charge is 2.55. The van der Waals surface area contributed by atoms with Gasteiger partial charge in [-0.2, -0.15) is 0 Å². The molecule has 0 amide bonds. The Morgan fingerprint density at radius 1 is 1.26 bits per heavy atom. The Morgan fingerprint density at radius 2 is 2.07 bits per heavy atom. The summed E-state index contributed by atoms with van der Waals surface area (Å²) < 4.78 is 33.3. The molecule has 9 heteroatoms. The first-order valence-corrected chi connectivity index (χ1v) is 10.2. The first-order valence-electron chi connectivity index (χ1n) is 9.40. The van der Waals surface area contributed by atoms with Crippen LogP contribution in [-0.4, -0.2) is 65.1 Å². The van der Waals surface area contributed by atoms with E-state index >= 15 is 0 Å². The van der Waals surface area contributed by atoms with Gasteiger partial charge in [0, 0.05) is 24.1 Å². The lowest BCUT2D eigenvalue weighted by Gasteiger charge is -2.44. The summed E-state index contributed by atoms with van der Waals surface area (Å²) in [5.41, 5.74) is 2.10. The molecule has 4 heterocycles. The van der Waals surface area contributed by atoms with Crippen molar-refractivity contribution in [2.75, 3.05) is 24.6 Å². The molecule has 2 unspecified atom stereocenters. The van der Waals surface area contributed by atoms with Gasteiger partial charge in [0.05, 0.1) is 36.0 Å². The number of aliphatic hydroxyl groups is 1. The van der Waals surface area contributed by atoms with Crippen LogP contribution in [-0.2, 0) is 6.42 Å². The van der Waals surface area contributed by atoms with Gasteiger partial charge in [-0.15, -0.1) is 0 Å². The minimum Gasteiger partial charge on any atom is -0.493 e. The van der Waals surface area contributed by atoms with Crippen molar-refractivity contribution in [1.82, 2.24) is 15.2 Å². The molecule has 2 saturated heterocycles. The van der Waals surface area contributed by atoms with E-state index in [9.17, 15) is 13.9 Å². The summed E-state index contributed by atoms with van der Waals surface area (Å²) in [6, 6.07) is 4.11. The maximum absolute atomic E-state index is 13.3. The van der Waals surface area contributed by atoms with Crippen LogP contribution < -0.4 is 15.0 Å². The van der Waals surface area contributed by atoms with Crippen molar-refractivity contribution in [2.24, 2.45) is 0 Å². The number of fused-ring (bicyclic) bond motifs is 4. The summed E-state index contributed by atoms with van der Waals surface area (Å²) in [4.78, 5) is 8.62. The maximum atomic E-state index is 13.3. The molecule has 1 aromatic heterocycles. The quantitative estimate of drug-likeness (QED) is 0.810. The summed E-state index contributed by atoms with van der Waals surface area (Å²) in [5, 5.41) is 14.7. The first-order chi connectivity index (χ1) is 13.0. The lowest BCUT2D eigenvalue weighted by Crippen LogP contribution is -2.63. The number of hydrogen-bond acceptors (Lipinski definition) is 7. The number of alkyl halides is 2. The summed E-state index contributed by atoms with van der Waals surface area (Å²) in [6.45, 7) is 0.333. The summed E-state index contributed by atoms with van der Waals surface area (Å²) in [7, 11) is 0. The monoisotopic (exact) mass is 394 g/mol. The summed E-state index contributed by atoms with van der Waals surface area (Å²) in [6.07, 6.45) is 1.73. The third-order valence-electron chi connectivity index (χ3n) is 6.33. The number of aromatic nitrogens is 1. The van der Waals surface area contributed by atoms with Gasteiger partial charge < -0.3 is 14.7 Å². The SMILES string of the molecule is OC1NC2[C@@H](CC[C@@H]2N2CC(F)(F)C2)N1c1nc2c3c(ccc2s1)OCC3. The molecule has 3 aliphatic heterocycles. The maximum Gasteiger partial charge on any atom is 0.272 e. The van der Waals surface area contributed by atoms with Crippen molar-refractivity contribution < 1.29 is 18.6 Å². The Labute approximate surface area is 158 Å². The molecule has 144 valence electrons. The van der Waals surface area contributed by atoms with Crippen LogP contribution >= 0.6 is 11.3 Å². The second-order valence-electron chi connectivity index (χ2n) is 7.93.